The molecule has 1 nitrogen and oxygen atoms in total. The molecule has 0 aromatic rings. The molecule has 3 fully saturated rings. The number of halogens is 6. The second kappa shape index (κ2) is 8.50. The van der Waals surface area contributed by atoms with E-state index < -0.39 is 55.7 Å². The average Bonchev–Trinajstić information content (AvgIpc) is 2.59. The van der Waals surface area contributed by atoms with Crippen LogP contribution >= 0.6 is 0 Å². The van der Waals surface area contributed by atoms with Crippen LogP contribution in [-0.2, 0) is 4.74 Å². The molecule has 5 atom stereocenters. The Morgan fingerprint density at radius 3 is 1.81 bits per heavy atom. The van der Waals surface area contributed by atoms with Crippen molar-refractivity contribution in [3.05, 3.63) is 0 Å². The summed E-state index contributed by atoms with van der Waals surface area (Å²) in [6.45, 7) is 2.20. The third-order valence-electron chi connectivity index (χ3n) is 6.96. The zero-order valence-electron chi connectivity index (χ0n) is 15.7. The highest BCUT2D eigenvalue weighted by Crippen LogP contribution is 2.47. The summed E-state index contributed by atoms with van der Waals surface area (Å²) < 4.78 is 88.4. The third-order valence-corrected chi connectivity index (χ3v) is 6.96. The van der Waals surface area contributed by atoms with E-state index >= 15 is 0 Å². The second-order valence-electron chi connectivity index (χ2n) is 8.97. The van der Waals surface area contributed by atoms with Crippen molar-refractivity contribution in [3.63, 3.8) is 0 Å². The smallest absolute Gasteiger partial charge is 0.317 e. The van der Waals surface area contributed by atoms with Gasteiger partial charge in [-0.05, 0) is 49.9 Å². The number of alkyl halides is 6. The summed E-state index contributed by atoms with van der Waals surface area (Å²) in [5.74, 6) is -0.411. The monoisotopic (exact) mass is 400 g/mol. The Hall–Kier alpha value is -0.460. The SMILES string of the molecule is CC1CCC(C2CCC(C(F)(F)OC3CC(F)C(F)C(F)C3)C(F)C2)CC1. The molecule has 0 N–H and O–H groups in total. The molecule has 3 aliphatic rings. The van der Waals surface area contributed by atoms with Crippen LogP contribution in [0.2, 0.25) is 0 Å². The molecule has 3 aliphatic carbocycles. The van der Waals surface area contributed by atoms with Gasteiger partial charge in [-0.3, -0.25) is 0 Å². The first-order chi connectivity index (χ1) is 12.7. The van der Waals surface area contributed by atoms with Crippen LogP contribution in [0.5, 0.6) is 0 Å². The summed E-state index contributed by atoms with van der Waals surface area (Å²) in [5.41, 5.74) is 0. The lowest BCUT2D eigenvalue weighted by Gasteiger charge is -2.41. The van der Waals surface area contributed by atoms with Crippen molar-refractivity contribution in [2.45, 2.75) is 102 Å². The maximum absolute atomic E-state index is 14.6. The molecule has 5 unspecified atom stereocenters. The van der Waals surface area contributed by atoms with E-state index in [1.54, 1.807) is 0 Å². The lowest BCUT2D eigenvalue weighted by Crippen LogP contribution is -2.48. The summed E-state index contributed by atoms with van der Waals surface area (Å²) >= 11 is 0. The Kier molecular flexibility index (Phi) is 6.69. The first kappa shape index (κ1) is 21.3. The van der Waals surface area contributed by atoms with Gasteiger partial charge in [0.1, 0.15) is 18.5 Å². The minimum atomic E-state index is -3.79. The molecular formula is C20H30F6O. The van der Waals surface area contributed by atoms with Crippen molar-refractivity contribution in [1.29, 1.82) is 0 Å². The predicted molar refractivity (Wildman–Crippen MR) is 90.6 cm³/mol. The molecule has 7 heteroatoms. The van der Waals surface area contributed by atoms with Crippen LogP contribution < -0.4 is 0 Å². The van der Waals surface area contributed by atoms with Crippen LogP contribution in [0, 0.1) is 23.7 Å². The van der Waals surface area contributed by atoms with E-state index in [-0.39, 0.29) is 18.8 Å². The highest BCUT2D eigenvalue weighted by molar-refractivity contribution is 4.91. The van der Waals surface area contributed by atoms with Crippen LogP contribution in [0.1, 0.15) is 64.7 Å². The Bertz CT molecular complexity index is 469. The van der Waals surface area contributed by atoms with Crippen molar-refractivity contribution in [2.75, 3.05) is 0 Å². The highest BCUT2D eigenvalue weighted by atomic mass is 19.3. The summed E-state index contributed by atoms with van der Waals surface area (Å²) in [4.78, 5) is 0. The quantitative estimate of drug-likeness (QED) is 0.500. The molecule has 0 saturated heterocycles. The first-order valence-electron chi connectivity index (χ1n) is 10.3. The lowest BCUT2D eigenvalue weighted by atomic mass is 9.68. The highest BCUT2D eigenvalue weighted by Gasteiger charge is 2.52. The van der Waals surface area contributed by atoms with Crippen LogP contribution in [0.15, 0.2) is 0 Å². The topological polar surface area (TPSA) is 9.23 Å². The largest absolute Gasteiger partial charge is 0.361 e. The zero-order valence-corrected chi connectivity index (χ0v) is 15.7. The summed E-state index contributed by atoms with van der Waals surface area (Å²) in [6.07, 6.45) is -9.92. The van der Waals surface area contributed by atoms with Gasteiger partial charge in [0.2, 0.25) is 0 Å². The molecule has 27 heavy (non-hydrogen) atoms. The third kappa shape index (κ3) is 4.94. The Morgan fingerprint density at radius 2 is 1.26 bits per heavy atom. The number of hydrogen-bond acceptors (Lipinski definition) is 1. The predicted octanol–water partition coefficient (Wildman–Crippen LogP) is 6.35. The molecule has 0 radical (unpaired) electrons. The van der Waals surface area contributed by atoms with Crippen LogP contribution in [0.4, 0.5) is 26.3 Å². The van der Waals surface area contributed by atoms with E-state index in [2.05, 4.69) is 11.7 Å². The minimum absolute atomic E-state index is 0.00144. The van der Waals surface area contributed by atoms with Crippen molar-refractivity contribution < 1.29 is 31.1 Å². The molecule has 0 aromatic carbocycles. The number of ether oxygens (including phenoxy) is 1. The Labute approximate surface area is 157 Å². The molecule has 0 aliphatic heterocycles. The fourth-order valence-electron chi connectivity index (χ4n) is 5.20. The standard InChI is InChI=1S/C20H30F6O/c1-11-2-4-12(5-3-11)13-6-7-15(16(21)8-13)20(25,26)27-14-9-17(22)19(24)18(23)10-14/h11-19H,2-10H2,1H3. The number of rotatable bonds is 4. The van der Waals surface area contributed by atoms with Gasteiger partial charge in [0.25, 0.3) is 0 Å². The summed E-state index contributed by atoms with van der Waals surface area (Å²) in [7, 11) is 0. The number of hydrogen-bond donors (Lipinski definition) is 0. The van der Waals surface area contributed by atoms with Crippen molar-refractivity contribution in [2.24, 2.45) is 23.7 Å². The van der Waals surface area contributed by atoms with Crippen LogP contribution in [-0.4, -0.2) is 36.9 Å². The summed E-state index contributed by atoms with van der Waals surface area (Å²) in [5, 5.41) is 0. The van der Waals surface area contributed by atoms with Crippen LogP contribution in [0.3, 0.4) is 0 Å². The van der Waals surface area contributed by atoms with Gasteiger partial charge in [0.15, 0.2) is 6.17 Å². The van der Waals surface area contributed by atoms with Crippen molar-refractivity contribution in [1.82, 2.24) is 0 Å². The van der Waals surface area contributed by atoms with E-state index in [4.69, 9.17) is 0 Å². The van der Waals surface area contributed by atoms with Gasteiger partial charge in [-0.2, -0.15) is 8.78 Å². The molecule has 0 bridgehead atoms. The van der Waals surface area contributed by atoms with Gasteiger partial charge in [0.05, 0.1) is 12.0 Å². The van der Waals surface area contributed by atoms with E-state index in [0.717, 1.165) is 25.7 Å². The van der Waals surface area contributed by atoms with Gasteiger partial charge in [0, 0.05) is 12.8 Å². The maximum Gasteiger partial charge on any atom is 0.361 e. The Balaban J connectivity index is 1.54. The first-order valence-corrected chi connectivity index (χ1v) is 10.3. The van der Waals surface area contributed by atoms with E-state index in [1.165, 1.54) is 0 Å². The van der Waals surface area contributed by atoms with E-state index in [1.807, 2.05) is 0 Å². The van der Waals surface area contributed by atoms with Gasteiger partial charge in [-0.1, -0.05) is 19.8 Å². The fraction of sp³-hybridized carbons (Fsp3) is 1.00. The zero-order chi connectivity index (χ0) is 19.8. The van der Waals surface area contributed by atoms with E-state index in [9.17, 15) is 26.3 Å². The minimum Gasteiger partial charge on any atom is -0.317 e. The van der Waals surface area contributed by atoms with Gasteiger partial charge >= 0.3 is 6.11 Å². The molecule has 3 saturated carbocycles. The second-order valence-corrected chi connectivity index (χ2v) is 8.97. The molecule has 0 aromatic heterocycles. The molecule has 0 heterocycles. The molecule has 158 valence electrons. The Morgan fingerprint density at radius 1 is 0.704 bits per heavy atom. The van der Waals surface area contributed by atoms with Crippen LogP contribution in [0.25, 0.3) is 0 Å². The molecular weight excluding hydrogens is 370 g/mol. The normalized spacial score (nSPS) is 47.0. The molecule has 3 rings (SSSR count). The maximum atomic E-state index is 14.6. The van der Waals surface area contributed by atoms with Gasteiger partial charge in [-0.25, -0.2) is 17.6 Å². The molecule has 0 spiro atoms. The van der Waals surface area contributed by atoms with Gasteiger partial charge < -0.3 is 4.74 Å². The van der Waals surface area contributed by atoms with E-state index in [0.29, 0.717) is 18.3 Å². The molecule has 0 amide bonds. The average molecular weight is 400 g/mol. The lowest BCUT2D eigenvalue weighted by molar-refractivity contribution is -0.314. The van der Waals surface area contributed by atoms with Crippen molar-refractivity contribution >= 4 is 0 Å². The van der Waals surface area contributed by atoms with Gasteiger partial charge in [-0.15, -0.1) is 0 Å². The van der Waals surface area contributed by atoms with Crippen molar-refractivity contribution in [3.8, 4) is 0 Å². The fourth-order valence-corrected chi connectivity index (χ4v) is 5.20. The summed E-state index contributed by atoms with van der Waals surface area (Å²) in [6, 6.07) is 0.